The van der Waals surface area contributed by atoms with E-state index in [1.54, 1.807) is 0 Å². The Balaban J connectivity index is 0.000000921. The lowest BCUT2D eigenvalue weighted by atomic mass is 9.93. The Labute approximate surface area is 95.3 Å². The van der Waals surface area contributed by atoms with Crippen LogP contribution in [-0.4, -0.2) is 24.5 Å². The number of rotatable bonds is 5. The van der Waals surface area contributed by atoms with Crippen molar-refractivity contribution in [1.82, 2.24) is 4.90 Å². The van der Waals surface area contributed by atoms with E-state index in [0.29, 0.717) is 0 Å². The van der Waals surface area contributed by atoms with Gasteiger partial charge in [0, 0.05) is 13.1 Å². The van der Waals surface area contributed by atoms with Crippen molar-refractivity contribution in [3.63, 3.8) is 0 Å². The average Bonchev–Trinajstić information content (AvgIpc) is 2.30. The zero-order chi connectivity index (χ0) is 11.5. The summed E-state index contributed by atoms with van der Waals surface area (Å²) >= 11 is 0. The smallest absolute Gasteiger partial charge is 0.0462 e. The third-order valence-electron chi connectivity index (χ3n) is 3.13. The highest BCUT2D eigenvalue weighted by molar-refractivity contribution is 4.72. The van der Waals surface area contributed by atoms with E-state index in [0.717, 1.165) is 5.92 Å². The lowest BCUT2D eigenvalue weighted by molar-refractivity contribution is 0.166. The number of piperidine rings is 1. The first-order valence-corrected chi connectivity index (χ1v) is 6.35. The maximum absolute atomic E-state index is 6.50. The van der Waals surface area contributed by atoms with Gasteiger partial charge >= 0.3 is 0 Å². The van der Waals surface area contributed by atoms with E-state index in [2.05, 4.69) is 25.3 Å². The van der Waals surface area contributed by atoms with Gasteiger partial charge in [-0.1, -0.05) is 26.7 Å². The number of nitriles is 1. The molecule has 1 unspecified atom stereocenters. The molecule has 1 aliphatic rings. The molecule has 1 rings (SSSR count). The molecule has 0 aromatic carbocycles. The molecule has 0 aromatic rings. The highest BCUT2D eigenvalue weighted by Crippen LogP contribution is 2.20. The second kappa shape index (κ2) is 9.98. The number of nitrogens with zero attached hydrogens (tertiary/aromatic N) is 2. The summed E-state index contributed by atoms with van der Waals surface area (Å²) in [5.41, 5.74) is 0. The molecule has 1 heterocycles. The van der Waals surface area contributed by atoms with Crippen molar-refractivity contribution in [2.75, 3.05) is 19.6 Å². The number of hydrogen-bond acceptors (Lipinski definition) is 2. The highest BCUT2D eigenvalue weighted by Gasteiger charge is 2.17. The van der Waals surface area contributed by atoms with Crippen molar-refractivity contribution in [2.45, 2.75) is 52.4 Å². The molecule has 0 amide bonds. The van der Waals surface area contributed by atoms with Crippen molar-refractivity contribution in [3.05, 3.63) is 0 Å². The summed E-state index contributed by atoms with van der Waals surface area (Å²) in [5.74, 6) is 1.01. The maximum atomic E-state index is 6.50. The van der Waals surface area contributed by atoms with E-state index < -0.39 is 0 Å². The number of hydrogen-bond donors (Lipinski definition) is 0. The van der Waals surface area contributed by atoms with Crippen molar-refractivity contribution in [3.8, 4) is 6.57 Å². The van der Waals surface area contributed by atoms with Crippen molar-refractivity contribution < 1.29 is 0 Å². The second-order valence-electron chi connectivity index (χ2n) is 4.45. The van der Waals surface area contributed by atoms with Crippen LogP contribution in [0.25, 0.3) is 0 Å². The van der Waals surface area contributed by atoms with Crippen LogP contribution in [0.5, 0.6) is 0 Å². The maximum Gasteiger partial charge on any atom is 0.0462 e. The van der Waals surface area contributed by atoms with E-state index in [1.165, 1.54) is 58.2 Å². The monoisotopic (exact) mass is 210 g/mol. The molecule has 1 saturated heterocycles. The van der Waals surface area contributed by atoms with Crippen molar-refractivity contribution in [1.29, 1.82) is 5.26 Å². The summed E-state index contributed by atoms with van der Waals surface area (Å²) in [5, 5.41) is 6.50. The molecule has 2 nitrogen and oxygen atoms in total. The standard InChI is InChI=1S/C12H25N.CHN/c1-3-5-9-13-10-6-8-12(11-13)7-4-2;1-2/h12H,3-11H2,1-2H3;1H. The highest BCUT2D eigenvalue weighted by atomic mass is 15.1. The molecule has 88 valence electrons. The van der Waals surface area contributed by atoms with Crippen LogP contribution in [0.4, 0.5) is 0 Å². The van der Waals surface area contributed by atoms with Gasteiger partial charge in [-0.2, -0.15) is 0 Å². The van der Waals surface area contributed by atoms with Gasteiger partial charge in [-0.05, 0) is 44.7 Å². The quantitative estimate of drug-likeness (QED) is 0.695. The molecule has 0 saturated carbocycles. The van der Waals surface area contributed by atoms with Crippen LogP contribution in [-0.2, 0) is 0 Å². The Bertz CT molecular complexity index is 152. The lowest BCUT2D eigenvalue weighted by Gasteiger charge is -2.32. The van der Waals surface area contributed by atoms with E-state index in [4.69, 9.17) is 5.26 Å². The SMILES string of the molecule is C#N.CCCCN1CCCC(CCC)C1. The molecule has 0 aromatic heterocycles. The fourth-order valence-electron chi connectivity index (χ4n) is 2.38. The summed E-state index contributed by atoms with van der Waals surface area (Å²) < 4.78 is 0. The minimum Gasteiger partial charge on any atom is -0.303 e. The molecule has 0 aliphatic carbocycles. The van der Waals surface area contributed by atoms with Crippen molar-refractivity contribution in [2.24, 2.45) is 5.92 Å². The first kappa shape index (κ1) is 14.5. The van der Waals surface area contributed by atoms with E-state index in [9.17, 15) is 0 Å². The van der Waals surface area contributed by atoms with E-state index in [1.807, 2.05) is 0 Å². The molecule has 1 atom stereocenters. The summed E-state index contributed by atoms with van der Waals surface area (Å²) in [6.07, 6.45) is 8.47. The van der Waals surface area contributed by atoms with Crippen LogP contribution in [0, 0.1) is 17.8 Å². The zero-order valence-electron chi connectivity index (χ0n) is 10.4. The largest absolute Gasteiger partial charge is 0.303 e. The Morgan fingerprint density at radius 1 is 1.27 bits per heavy atom. The van der Waals surface area contributed by atoms with Gasteiger partial charge in [-0.15, -0.1) is 0 Å². The second-order valence-corrected chi connectivity index (χ2v) is 4.45. The normalized spacial score (nSPS) is 21.7. The molecule has 0 bridgehead atoms. The van der Waals surface area contributed by atoms with E-state index in [-0.39, 0.29) is 0 Å². The third kappa shape index (κ3) is 6.52. The molecular weight excluding hydrogens is 184 g/mol. The predicted octanol–water partition coefficient (Wildman–Crippen LogP) is 3.44. The van der Waals surface area contributed by atoms with Crippen LogP contribution >= 0.6 is 0 Å². The molecule has 2 heteroatoms. The minimum atomic E-state index is 1.01. The summed E-state index contributed by atoms with van der Waals surface area (Å²) in [6, 6.07) is 0. The van der Waals surface area contributed by atoms with E-state index >= 15 is 0 Å². The molecule has 1 aliphatic heterocycles. The van der Waals surface area contributed by atoms with Crippen LogP contribution in [0.1, 0.15) is 52.4 Å². The van der Waals surface area contributed by atoms with Crippen molar-refractivity contribution >= 4 is 0 Å². The molecule has 0 radical (unpaired) electrons. The zero-order valence-corrected chi connectivity index (χ0v) is 10.4. The third-order valence-corrected chi connectivity index (χ3v) is 3.13. The number of likely N-dealkylation sites (tertiary alicyclic amines) is 1. The molecule has 1 fully saturated rings. The van der Waals surface area contributed by atoms with Gasteiger partial charge < -0.3 is 4.90 Å². The Hall–Kier alpha value is -0.550. The summed E-state index contributed by atoms with van der Waals surface area (Å²) in [6.45, 7) is 12.2. The van der Waals surface area contributed by atoms with Gasteiger partial charge in [0.15, 0.2) is 0 Å². The summed E-state index contributed by atoms with van der Waals surface area (Å²) in [7, 11) is 0. The Morgan fingerprint density at radius 2 is 2.00 bits per heavy atom. The first-order valence-electron chi connectivity index (χ1n) is 6.35. The number of unbranched alkanes of at least 4 members (excludes halogenated alkanes) is 1. The topological polar surface area (TPSA) is 27.0 Å². The van der Waals surface area contributed by atoms with Gasteiger partial charge in [0.05, 0.1) is 0 Å². The summed E-state index contributed by atoms with van der Waals surface area (Å²) in [4.78, 5) is 2.67. The van der Waals surface area contributed by atoms with Crippen LogP contribution in [0.3, 0.4) is 0 Å². The fourth-order valence-corrected chi connectivity index (χ4v) is 2.38. The van der Waals surface area contributed by atoms with Gasteiger partial charge in [0.25, 0.3) is 0 Å². The van der Waals surface area contributed by atoms with Gasteiger partial charge in [-0.3, -0.25) is 0 Å². The Morgan fingerprint density at radius 3 is 2.60 bits per heavy atom. The fraction of sp³-hybridized carbons (Fsp3) is 0.923. The lowest BCUT2D eigenvalue weighted by Crippen LogP contribution is -2.35. The molecule has 0 spiro atoms. The molecule has 15 heavy (non-hydrogen) atoms. The first-order chi connectivity index (χ1) is 7.36. The van der Waals surface area contributed by atoms with Crippen LogP contribution in [0.2, 0.25) is 0 Å². The molecular formula is C13H26N2. The van der Waals surface area contributed by atoms with Gasteiger partial charge in [-0.25, -0.2) is 5.26 Å². The minimum absolute atomic E-state index is 1.01. The predicted molar refractivity (Wildman–Crippen MR) is 65.7 cm³/mol. The van der Waals surface area contributed by atoms with Crippen LogP contribution < -0.4 is 0 Å². The average molecular weight is 210 g/mol. The molecule has 0 N–H and O–H groups in total. The Kier molecular flexibility index (Phi) is 9.62. The van der Waals surface area contributed by atoms with Gasteiger partial charge in [0.2, 0.25) is 0 Å². The van der Waals surface area contributed by atoms with Crippen LogP contribution in [0.15, 0.2) is 0 Å². The van der Waals surface area contributed by atoms with Gasteiger partial charge in [0.1, 0.15) is 0 Å².